The number of rotatable bonds is 2. The van der Waals surface area contributed by atoms with E-state index in [1.54, 1.807) is 24.2 Å². The lowest BCUT2D eigenvalue weighted by atomic mass is 10.2. The van der Waals surface area contributed by atoms with Crippen LogP contribution in [-0.4, -0.2) is 25.8 Å². The van der Waals surface area contributed by atoms with Gasteiger partial charge in [0.2, 0.25) is 10.0 Å². The maximum atomic E-state index is 12.9. The zero-order chi connectivity index (χ0) is 14.9. The van der Waals surface area contributed by atoms with Crippen LogP contribution in [0.4, 0.5) is 0 Å². The third-order valence-corrected chi connectivity index (χ3v) is 6.81. The molecule has 1 aromatic rings. The predicted molar refractivity (Wildman–Crippen MR) is 83.2 cm³/mol. The fourth-order valence-corrected chi connectivity index (χ4v) is 5.22. The van der Waals surface area contributed by atoms with Crippen LogP contribution >= 0.6 is 23.2 Å². The van der Waals surface area contributed by atoms with E-state index in [0.29, 0.717) is 29.2 Å². The maximum absolute atomic E-state index is 12.9. The highest BCUT2D eigenvalue weighted by Gasteiger charge is 2.30. The van der Waals surface area contributed by atoms with Gasteiger partial charge in [0.25, 0.3) is 0 Å². The number of nitrogens with zero attached hydrogens (tertiary/aromatic N) is 1. The second-order valence-electron chi connectivity index (χ2n) is 5.26. The average Bonchev–Trinajstić information content (AvgIpc) is 2.65. The highest BCUT2D eigenvalue weighted by Crippen LogP contribution is 2.35. The van der Waals surface area contributed by atoms with Crippen LogP contribution in [0, 0.1) is 13.8 Å². The van der Waals surface area contributed by atoms with Crippen molar-refractivity contribution < 1.29 is 8.42 Å². The summed E-state index contributed by atoms with van der Waals surface area (Å²) in [5, 5.41) is 0.733. The first-order chi connectivity index (χ1) is 9.35. The molecular formula is C14H19Cl2NO2S. The van der Waals surface area contributed by atoms with E-state index in [1.165, 1.54) is 0 Å². The molecular weight excluding hydrogens is 317 g/mol. The molecule has 0 atom stereocenters. The summed E-state index contributed by atoms with van der Waals surface area (Å²) in [5.41, 5.74) is 1.22. The van der Waals surface area contributed by atoms with Crippen LogP contribution in [0.3, 0.4) is 0 Å². The summed E-state index contributed by atoms with van der Waals surface area (Å²) in [5.74, 6) is 0. The van der Waals surface area contributed by atoms with E-state index in [-0.39, 0.29) is 9.92 Å². The van der Waals surface area contributed by atoms with Gasteiger partial charge in [0.1, 0.15) is 4.90 Å². The third-order valence-electron chi connectivity index (χ3n) is 3.75. The van der Waals surface area contributed by atoms with Crippen molar-refractivity contribution in [3.8, 4) is 0 Å². The molecule has 0 unspecified atom stereocenters. The molecule has 1 fully saturated rings. The van der Waals surface area contributed by atoms with Gasteiger partial charge in [0.05, 0.1) is 5.02 Å². The van der Waals surface area contributed by atoms with Gasteiger partial charge in [0.15, 0.2) is 0 Å². The molecule has 112 valence electrons. The topological polar surface area (TPSA) is 37.4 Å². The second-order valence-corrected chi connectivity index (χ2v) is 7.92. The summed E-state index contributed by atoms with van der Waals surface area (Å²) in [6.45, 7) is 4.60. The molecule has 1 aliphatic heterocycles. The Morgan fingerprint density at radius 2 is 1.60 bits per heavy atom. The maximum Gasteiger partial charge on any atom is 0.244 e. The van der Waals surface area contributed by atoms with Gasteiger partial charge in [-0.3, -0.25) is 0 Å². The standard InChI is InChI=1S/C14H19Cl2NO2S/c1-10-9-12(15)11(2)14(13(10)16)20(18,19)17-7-5-3-4-6-8-17/h9H,3-8H2,1-2H3. The summed E-state index contributed by atoms with van der Waals surface area (Å²) in [6, 6.07) is 1.71. The molecule has 0 bridgehead atoms. The number of benzene rings is 1. The summed E-state index contributed by atoms with van der Waals surface area (Å²) in [4.78, 5) is 0.172. The van der Waals surface area contributed by atoms with Gasteiger partial charge in [-0.1, -0.05) is 36.0 Å². The Bertz CT molecular complexity index is 580. The first-order valence-corrected chi connectivity index (χ1v) is 9.00. The largest absolute Gasteiger partial charge is 0.244 e. The number of hydrogen-bond acceptors (Lipinski definition) is 2. The van der Waals surface area contributed by atoms with Crippen LogP contribution in [-0.2, 0) is 10.0 Å². The van der Waals surface area contributed by atoms with Crippen molar-refractivity contribution in [2.75, 3.05) is 13.1 Å². The summed E-state index contributed by atoms with van der Waals surface area (Å²) in [7, 11) is -3.57. The molecule has 0 spiro atoms. The lowest BCUT2D eigenvalue weighted by Crippen LogP contribution is -2.32. The summed E-state index contributed by atoms with van der Waals surface area (Å²) in [6.07, 6.45) is 3.95. The Morgan fingerprint density at radius 1 is 1.05 bits per heavy atom. The van der Waals surface area contributed by atoms with Gasteiger partial charge in [0, 0.05) is 18.1 Å². The molecule has 0 aromatic heterocycles. The number of sulfonamides is 1. The van der Waals surface area contributed by atoms with Crippen molar-refractivity contribution in [1.29, 1.82) is 0 Å². The van der Waals surface area contributed by atoms with Crippen LogP contribution < -0.4 is 0 Å². The van der Waals surface area contributed by atoms with Crippen molar-refractivity contribution in [2.45, 2.75) is 44.4 Å². The highest BCUT2D eigenvalue weighted by atomic mass is 35.5. The second kappa shape index (κ2) is 6.22. The molecule has 2 rings (SSSR count). The Balaban J connectivity index is 2.54. The normalized spacial score (nSPS) is 18.0. The van der Waals surface area contributed by atoms with Gasteiger partial charge in [-0.05, 0) is 43.9 Å². The monoisotopic (exact) mass is 335 g/mol. The molecule has 20 heavy (non-hydrogen) atoms. The minimum atomic E-state index is -3.57. The van der Waals surface area contributed by atoms with E-state index < -0.39 is 10.0 Å². The fraction of sp³-hybridized carbons (Fsp3) is 0.571. The van der Waals surface area contributed by atoms with Gasteiger partial charge >= 0.3 is 0 Å². The van der Waals surface area contributed by atoms with Crippen molar-refractivity contribution >= 4 is 33.2 Å². The Labute approximate surface area is 130 Å². The first-order valence-electron chi connectivity index (χ1n) is 6.81. The van der Waals surface area contributed by atoms with Gasteiger partial charge < -0.3 is 0 Å². The first kappa shape index (κ1) is 16.1. The quantitative estimate of drug-likeness (QED) is 0.813. The fourth-order valence-electron chi connectivity index (χ4n) is 2.53. The van der Waals surface area contributed by atoms with Crippen molar-refractivity contribution in [1.82, 2.24) is 4.31 Å². The van der Waals surface area contributed by atoms with E-state index in [0.717, 1.165) is 25.7 Å². The zero-order valence-corrected chi connectivity index (χ0v) is 14.1. The molecule has 0 N–H and O–H groups in total. The van der Waals surface area contributed by atoms with Crippen molar-refractivity contribution in [3.63, 3.8) is 0 Å². The minimum Gasteiger partial charge on any atom is -0.207 e. The molecule has 0 amide bonds. The number of aryl methyl sites for hydroxylation is 1. The predicted octanol–water partition coefficient (Wildman–Crippen LogP) is 4.17. The molecule has 1 aliphatic rings. The molecule has 1 heterocycles. The van der Waals surface area contributed by atoms with Crippen LogP contribution in [0.5, 0.6) is 0 Å². The lowest BCUT2D eigenvalue weighted by molar-refractivity contribution is 0.423. The van der Waals surface area contributed by atoms with Gasteiger partial charge in [-0.15, -0.1) is 0 Å². The summed E-state index contributed by atoms with van der Waals surface area (Å²) >= 11 is 12.4. The molecule has 0 radical (unpaired) electrons. The third kappa shape index (κ3) is 2.98. The average molecular weight is 336 g/mol. The van der Waals surface area contributed by atoms with E-state index in [2.05, 4.69) is 0 Å². The summed E-state index contributed by atoms with van der Waals surface area (Å²) < 4.78 is 27.3. The van der Waals surface area contributed by atoms with Crippen LogP contribution in [0.2, 0.25) is 10.0 Å². The molecule has 3 nitrogen and oxygen atoms in total. The molecule has 0 aliphatic carbocycles. The number of halogens is 2. The van der Waals surface area contributed by atoms with Crippen LogP contribution in [0.15, 0.2) is 11.0 Å². The SMILES string of the molecule is Cc1cc(Cl)c(C)c(S(=O)(=O)N2CCCCCC2)c1Cl. The highest BCUT2D eigenvalue weighted by molar-refractivity contribution is 7.89. The number of hydrogen-bond donors (Lipinski definition) is 0. The Hall–Kier alpha value is -0.290. The Kier molecular flexibility index (Phi) is 5.00. The van der Waals surface area contributed by atoms with E-state index >= 15 is 0 Å². The Morgan fingerprint density at radius 3 is 2.15 bits per heavy atom. The van der Waals surface area contributed by atoms with Gasteiger partial charge in [-0.2, -0.15) is 4.31 Å². The van der Waals surface area contributed by atoms with E-state index in [4.69, 9.17) is 23.2 Å². The molecule has 0 saturated carbocycles. The van der Waals surface area contributed by atoms with E-state index in [1.807, 2.05) is 0 Å². The van der Waals surface area contributed by atoms with Crippen LogP contribution in [0.25, 0.3) is 0 Å². The van der Waals surface area contributed by atoms with Crippen molar-refractivity contribution in [2.24, 2.45) is 0 Å². The zero-order valence-electron chi connectivity index (χ0n) is 11.7. The lowest BCUT2D eigenvalue weighted by Gasteiger charge is -2.23. The van der Waals surface area contributed by atoms with Gasteiger partial charge in [-0.25, -0.2) is 8.42 Å². The smallest absolute Gasteiger partial charge is 0.207 e. The molecule has 1 saturated heterocycles. The van der Waals surface area contributed by atoms with E-state index in [9.17, 15) is 8.42 Å². The molecule has 6 heteroatoms. The minimum absolute atomic E-state index is 0.172. The molecule has 1 aromatic carbocycles. The van der Waals surface area contributed by atoms with Crippen LogP contribution in [0.1, 0.15) is 36.8 Å². The van der Waals surface area contributed by atoms with Crippen molar-refractivity contribution in [3.05, 3.63) is 27.2 Å².